The van der Waals surface area contributed by atoms with Crippen LogP contribution in [0.25, 0.3) is 0 Å². The summed E-state index contributed by atoms with van der Waals surface area (Å²) in [5.74, 6) is 0. The second kappa shape index (κ2) is 5.14. The van der Waals surface area contributed by atoms with Crippen LogP contribution in [0.2, 0.25) is 5.15 Å². The summed E-state index contributed by atoms with van der Waals surface area (Å²) in [5, 5.41) is 15.4. The fourth-order valence-electron chi connectivity index (χ4n) is 1.32. The van der Waals surface area contributed by atoms with Crippen LogP contribution in [0.5, 0.6) is 0 Å². The van der Waals surface area contributed by atoms with Crippen molar-refractivity contribution in [1.82, 2.24) is 4.98 Å². The molecule has 0 saturated carbocycles. The smallest absolute Gasteiger partial charge is 0.184 e. The van der Waals surface area contributed by atoms with Crippen molar-refractivity contribution in [2.24, 2.45) is 5.41 Å². The third kappa shape index (κ3) is 3.97. The van der Waals surface area contributed by atoms with Crippen LogP contribution in [-0.2, 0) is 0 Å². The van der Waals surface area contributed by atoms with Crippen molar-refractivity contribution in [1.29, 1.82) is 0 Å². The van der Waals surface area contributed by atoms with Gasteiger partial charge in [-0.25, -0.2) is 4.98 Å². The molecule has 0 radical (unpaired) electrons. The van der Waals surface area contributed by atoms with Gasteiger partial charge in [-0.05, 0) is 11.8 Å². The van der Waals surface area contributed by atoms with Crippen LogP contribution in [-0.4, -0.2) is 22.7 Å². The van der Waals surface area contributed by atoms with Gasteiger partial charge >= 0.3 is 0 Å². The first kappa shape index (κ1) is 12.7. The topological polar surface area (TPSA) is 45.1 Å². The largest absolute Gasteiger partial charge is 0.396 e. The molecule has 0 aromatic carbocycles. The predicted octanol–water partition coefficient (Wildman–Crippen LogP) is 3.01. The minimum atomic E-state index is 0.0842. The van der Waals surface area contributed by atoms with Crippen LogP contribution in [0.4, 0.5) is 5.13 Å². The third-order valence-corrected chi connectivity index (χ3v) is 3.33. The summed E-state index contributed by atoms with van der Waals surface area (Å²) < 4.78 is 0. The first-order valence-corrected chi connectivity index (χ1v) is 6.17. The Hall–Kier alpha value is -0.320. The number of thiazole rings is 1. The molecule has 3 nitrogen and oxygen atoms in total. The van der Waals surface area contributed by atoms with Gasteiger partial charge < -0.3 is 10.4 Å². The van der Waals surface area contributed by atoms with E-state index in [1.165, 1.54) is 11.3 Å². The van der Waals surface area contributed by atoms with E-state index in [1.54, 1.807) is 5.38 Å². The summed E-state index contributed by atoms with van der Waals surface area (Å²) in [4.78, 5) is 4.14. The van der Waals surface area contributed by atoms with Crippen LogP contribution in [0.15, 0.2) is 5.38 Å². The number of hydrogen-bond acceptors (Lipinski definition) is 4. The lowest BCUT2D eigenvalue weighted by molar-refractivity contribution is 0.235. The number of aromatic nitrogens is 1. The van der Waals surface area contributed by atoms with Gasteiger partial charge in [0.05, 0.1) is 0 Å². The average Bonchev–Trinajstić information content (AvgIpc) is 2.49. The number of nitrogens with zero attached hydrogens (tertiary/aromatic N) is 1. The summed E-state index contributed by atoms with van der Waals surface area (Å²) in [5.41, 5.74) is 0.0842. The molecule has 0 fully saturated rings. The molecule has 1 rings (SSSR count). The van der Waals surface area contributed by atoms with Crippen molar-refractivity contribution in [3.05, 3.63) is 10.5 Å². The number of nitrogens with one attached hydrogen (secondary N) is 1. The Morgan fingerprint density at radius 2 is 2.27 bits per heavy atom. The minimum absolute atomic E-state index is 0.0842. The molecule has 0 bridgehead atoms. The van der Waals surface area contributed by atoms with Crippen molar-refractivity contribution in [2.45, 2.75) is 33.2 Å². The van der Waals surface area contributed by atoms with E-state index >= 15 is 0 Å². The molecular formula is C10H17ClN2OS. The van der Waals surface area contributed by atoms with E-state index in [9.17, 15) is 0 Å². The van der Waals surface area contributed by atoms with Gasteiger partial charge in [0.25, 0.3) is 0 Å². The lowest BCUT2D eigenvalue weighted by atomic mass is 9.85. The number of aliphatic hydroxyl groups excluding tert-OH is 1. The molecule has 0 saturated heterocycles. The molecule has 0 aliphatic heterocycles. The molecule has 1 atom stereocenters. The van der Waals surface area contributed by atoms with Gasteiger partial charge in [-0.15, -0.1) is 11.3 Å². The van der Waals surface area contributed by atoms with Crippen LogP contribution < -0.4 is 5.32 Å². The lowest BCUT2D eigenvalue weighted by Gasteiger charge is -2.30. The van der Waals surface area contributed by atoms with Crippen LogP contribution in [0, 0.1) is 5.41 Å². The van der Waals surface area contributed by atoms with Crippen molar-refractivity contribution >= 4 is 28.1 Å². The second-order valence-corrected chi connectivity index (χ2v) is 5.80. The van der Waals surface area contributed by atoms with E-state index in [1.807, 2.05) is 0 Å². The van der Waals surface area contributed by atoms with E-state index in [0.29, 0.717) is 11.6 Å². The molecule has 2 N–H and O–H groups in total. The van der Waals surface area contributed by atoms with E-state index in [-0.39, 0.29) is 18.1 Å². The molecule has 5 heteroatoms. The Balaban J connectivity index is 2.66. The number of hydrogen-bond donors (Lipinski definition) is 2. The van der Waals surface area contributed by atoms with Gasteiger partial charge in [0.15, 0.2) is 5.13 Å². The quantitative estimate of drug-likeness (QED) is 0.861. The highest BCUT2D eigenvalue weighted by Gasteiger charge is 2.24. The first-order valence-electron chi connectivity index (χ1n) is 4.92. The van der Waals surface area contributed by atoms with E-state index in [4.69, 9.17) is 16.7 Å². The molecule has 1 aromatic heterocycles. The van der Waals surface area contributed by atoms with Gasteiger partial charge in [-0.1, -0.05) is 32.4 Å². The Morgan fingerprint density at radius 3 is 2.67 bits per heavy atom. The molecule has 1 aromatic rings. The summed E-state index contributed by atoms with van der Waals surface area (Å²) in [7, 11) is 0. The number of anilines is 1. The summed E-state index contributed by atoms with van der Waals surface area (Å²) in [6, 6.07) is 0.199. The summed E-state index contributed by atoms with van der Waals surface area (Å²) >= 11 is 7.23. The Labute approximate surface area is 99.5 Å². The van der Waals surface area contributed by atoms with E-state index in [2.05, 4.69) is 31.1 Å². The van der Waals surface area contributed by atoms with E-state index < -0.39 is 0 Å². The maximum atomic E-state index is 9.00. The highest BCUT2D eigenvalue weighted by Crippen LogP contribution is 2.27. The van der Waals surface area contributed by atoms with Gasteiger partial charge in [0.1, 0.15) is 5.15 Å². The zero-order valence-electron chi connectivity index (χ0n) is 9.25. The van der Waals surface area contributed by atoms with Gasteiger partial charge in [0, 0.05) is 18.0 Å². The Morgan fingerprint density at radius 1 is 1.60 bits per heavy atom. The van der Waals surface area contributed by atoms with Crippen LogP contribution in [0.3, 0.4) is 0 Å². The predicted molar refractivity (Wildman–Crippen MR) is 65.7 cm³/mol. The molecule has 0 spiro atoms. The molecule has 86 valence electrons. The van der Waals surface area contributed by atoms with Crippen molar-refractivity contribution in [3.63, 3.8) is 0 Å². The minimum Gasteiger partial charge on any atom is -0.396 e. The van der Waals surface area contributed by atoms with Crippen molar-refractivity contribution in [3.8, 4) is 0 Å². The SMILES string of the molecule is CC(C)(C)C(CCO)Nc1nc(Cl)cs1. The molecule has 1 heterocycles. The molecule has 15 heavy (non-hydrogen) atoms. The maximum absolute atomic E-state index is 9.00. The molecular weight excluding hydrogens is 232 g/mol. The zero-order chi connectivity index (χ0) is 11.5. The highest BCUT2D eigenvalue weighted by molar-refractivity contribution is 7.14. The average molecular weight is 249 g/mol. The molecule has 0 aliphatic rings. The van der Waals surface area contributed by atoms with Gasteiger partial charge in [0.2, 0.25) is 0 Å². The monoisotopic (exact) mass is 248 g/mol. The molecule has 0 amide bonds. The van der Waals surface area contributed by atoms with E-state index in [0.717, 1.165) is 5.13 Å². The Bertz CT molecular complexity index is 309. The van der Waals surface area contributed by atoms with Crippen LogP contribution in [0.1, 0.15) is 27.2 Å². The zero-order valence-corrected chi connectivity index (χ0v) is 10.8. The first-order chi connectivity index (χ1) is 6.93. The lowest BCUT2D eigenvalue weighted by Crippen LogP contribution is -2.34. The number of halogens is 1. The summed E-state index contributed by atoms with van der Waals surface area (Å²) in [6.07, 6.45) is 0.709. The van der Waals surface area contributed by atoms with Gasteiger partial charge in [-0.2, -0.15) is 0 Å². The van der Waals surface area contributed by atoms with Crippen LogP contribution >= 0.6 is 22.9 Å². The molecule has 0 aliphatic carbocycles. The second-order valence-electron chi connectivity index (χ2n) is 4.55. The van der Waals surface area contributed by atoms with Crippen molar-refractivity contribution in [2.75, 3.05) is 11.9 Å². The standard InChI is InChI=1S/C10H17ClN2OS/c1-10(2,3)7(4-5-14)12-9-13-8(11)6-15-9/h6-7,14H,4-5H2,1-3H3,(H,12,13). The Kier molecular flexibility index (Phi) is 4.37. The third-order valence-electron chi connectivity index (χ3n) is 2.24. The fourth-order valence-corrected chi connectivity index (χ4v) is 2.21. The van der Waals surface area contributed by atoms with Gasteiger partial charge in [-0.3, -0.25) is 0 Å². The fraction of sp³-hybridized carbons (Fsp3) is 0.700. The summed E-state index contributed by atoms with van der Waals surface area (Å²) in [6.45, 7) is 6.58. The number of rotatable bonds is 4. The molecule has 1 unspecified atom stereocenters. The number of aliphatic hydroxyl groups is 1. The highest BCUT2D eigenvalue weighted by atomic mass is 35.5. The maximum Gasteiger partial charge on any atom is 0.184 e. The van der Waals surface area contributed by atoms with Crippen molar-refractivity contribution < 1.29 is 5.11 Å². The normalized spacial score (nSPS) is 13.9.